The van der Waals surface area contributed by atoms with Gasteiger partial charge in [-0.3, -0.25) is 10.1 Å². The second kappa shape index (κ2) is 11.9. The number of aromatic nitrogens is 4. The average Bonchev–Trinajstić information content (AvgIpc) is 3.30. The molecule has 10 heteroatoms. The lowest BCUT2D eigenvalue weighted by molar-refractivity contribution is -0.122. The summed E-state index contributed by atoms with van der Waals surface area (Å²) >= 11 is 0. The van der Waals surface area contributed by atoms with E-state index in [1.165, 1.54) is 13.4 Å². The van der Waals surface area contributed by atoms with Gasteiger partial charge in [0.25, 0.3) is 0 Å². The zero-order valence-corrected chi connectivity index (χ0v) is 22.7. The maximum absolute atomic E-state index is 12.9. The highest BCUT2D eigenvalue weighted by molar-refractivity contribution is 5.99. The lowest BCUT2D eigenvalue weighted by atomic mass is 9.92. The number of anilines is 2. The number of ketones is 1. The van der Waals surface area contributed by atoms with Crippen molar-refractivity contribution in [1.82, 2.24) is 19.7 Å². The Kier molecular flexibility index (Phi) is 8.36. The molecule has 4 aromatic rings. The van der Waals surface area contributed by atoms with Crippen molar-refractivity contribution < 1.29 is 19.1 Å². The van der Waals surface area contributed by atoms with Crippen LogP contribution in [0.5, 0.6) is 11.6 Å². The number of carbonyl (C=O) groups excluding carboxylic acids is 2. The normalized spacial score (nSPS) is 11.2. The molecular weight excluding hydrogens is 496 g/mol. The highest BCUT2D eigenvalue weighted by Crippen LogP contribution is 2.27. The predicted molar refractivity (Wildman–Crippen MR) is 149 cm³/mol. The van der Waals surface area contributed by atoms with Crippen LogP contribution in [-0.4, -0.2) is 45.3 Å². The standard InChI is InChI=1S/C29H32N6O4/c1-19-6-10-22(11-7-19)35-26(16-25(34-35)29(2,3)4)33-28(37)32-20-8-12-24(13-9-20)39-27-15-21(30-18-31-27)14-23(36)17-38-5/h6-13,15-16,18H,14,17H2,1-5H3,(H2,32,33,37). The molecule has 2 heterocycles. The van der Waals surface area contributed by atoms with Crippen LogP contribution in [0.2, 0.25) is 0 Å². The molecule has 0 saturated carbocycles. The number of benzene rings is 2. The summed E-state index contributed by atoms with van der Waals surface area (Å²) < 4.78 is 12.4. The topological polar surface area (TPSA) is 120 Å². The number of aryl methyl sites for hydroxylation is 1. The Labute approximate surface area is 227 Å². The quantitative estimate of drug-likeness (QED) is 0.296. The van der Waals surface area contributed by atoms with Gasteiger partial charge in [-0.2, -0.15) is 5.10 Å². The van der Waals surface area contributed by atoms with Crippen LogP contribution in [0.15, 0.2) is 67.0 Å². The molecule has 0 saturated heterocycles. The fraction of sp³-hybridized carbons (Fsp3) is 0.276. The van der Waals surface area contributed by atoms with Crippen molar-refractivity contribution in [2.24, 2.45) is 0 Å². The van der Waals surface area contributed by atoms with Crippen LogP contribution in [0.3, 0.4) is 0 Å². The molecule has 2 aromatic heterocycles. The van der Waals surface area contributed by atoms with Crippen molar-refractivity contribution in [3.05, 3.63) is 83.9 Å². The van der Waals surface area contributed by atoms with Crippen molar-refractivity contribution in [2.45, 2.75) is 39.5 Å². The van der Waals surface area contributed by atoms with Crippen molar-refractivity contribution in [2.75, 3.05) is 24.4 Å². The van der Waals surface area contributed by atoms with Gasteiger partial charge in [-0.1, -0.05) is 38.5 Å². The van der Waals surface area contributed by atoms with Crippen molar-refractivity contribution in [3.63, 3.8) is 0 Å². The van der Waals surface area contributed by atoms with E-state index in [9.17, 15) is 9.59 Å². The molecule has 2 N–H and O–H groups in total. The summed E-state index contributed by atoms with van der Waals surface area (Å²) in [4.78, 5) is 32.9. The minimum atomic E-state index is -0.404. The molecule has 4 rings (SSSR count). The van der Waals surface area contributed by atoms with Crippen LogP contribution in [0.4, 0.5) is 16.3 Å². The molecule has 10 nitrogen and oxygen atoms in total. The summed E-state index contributed by atoms with van der Waals surface area (Å²) in [5.41, 5.74) is 3.77. The summed E-state index contributed by atoms with van der Waals surface area (Å²) in [5, 5.41) is 10.5. The Balaban J connectivity index is 1.42. The Morgan fingerprint density at radius 1 is 0.949 bits per heavy atom. The van der Waals surface area contributed by atoms with Crippen LogP contribution >= 0.6 is 0 Å². The summed E-state index contributed by atoms with van der Waals surface area (Å²) in [6.45, 7) is 8.27. The minimum absolute atomic E-state index is 0.0221. The highest BCUT2D eigenvalue weighted by atomic mass is 16.5. The Morgan fingerprint density at radius 2 is 1.67 bits per heavy atom. The lowest BCUT2D eigenvalue weighted by Crippen LogP contribution is -2.21. The molecule has 2 aromatic carbocycles. The van der Waals surface area contributed by atoms with Crippen molar-refractivity contribution in [3.8, 4) is 17.3 Å². The van der Waals surface area contributed by atoms with Gasteiger partial charge in [0.2, 0.25) is 5.88 Å². The molecule has 0 bridgehead atoms. The van der Waals surface area contributed by atoms with E-state index < -0.39 is 6.03 Å². The van der Waals surface area contributed by atoms with Gasteiger partial charge in [0.15, 0.2) is 5.78 Å². The third-order valence-electron chi connectivity index (χ3n) is 5.71. The second-order valence-electron chi connectivity index (χ2n) is 10.1. The number of nitrogens with zero attached hydrogens (tertiary/aromatic N) is 4. The second-order valence-corrected chi connectivity index (χ2v) is 10.1. The molecule has 0 radical (unpaired) electrons. The van der Waals surface area contributed by atoms with Crippen LogP contribution in [0.25, 0.3) is 5.69 Å². The zero-order chi connectivity index (χ0) is 28.0. The number of urea groups is 1. The first-order valence-electron chi connectivity index (χ1n) is 12.5. The van der Waals surface area contributed by atoms with E-state index in [0.29, 0.717) is 28.8 Å². The fourth-order valence-corrected chi connectivity index (χ4v) is 3.67. The molecule has 39 heavy (non-hydrogen) atoms. The van der Waals surface area contributed by atoms with E-state index in [4.69, 9.17) is 14.6 Å². The average molecular weight is 529 g/mol. The summed E-state index contributed by atoms with van der Waals surface area (Å²) in [6, 6.07) is 17.9. The molecule has 0 fully saturated rings. The molecule has 0 unspecified atom stereocenters. The maximum atomic E-state index is 12.9. The first-order valence-corrected chi connectivity index (χ1v) is 12.5. The van der Waals surface area contributed by atoms with Gasteiger partial charge < -0.3 is 14.8 Å². The van der Waals surface area contributed by atoms with E-state index in [0.717, 1.165) is 16.9 Å². The SMILES string of the molecule is COCC(=O)Cc1cc(Oc2ccc(NC(=O)Nc3cc(C(C)(C)C)nn3-c3ccc(C)cc3)cc2)ncn1. The van der Waals surface area contributed by atoms with E-state index >= 15 is 0 Å². The van der Waals surface area contributed by atoms with Gasteiger partial charge in [0, 0.05) is 30.3 Å². The first kappa shape index (κ1) is 27.5. The minimum Gasteiger partial charge on any atom is -0.439 e. The monoisotopic (exact) mass is 528 g/mol. The largest absolute Gasteiger partial charge is 0.439 e. The van der Waals surface area contributed by atoms with Gasteiger partial charge in [0.05, 0.1) is 23.5 Å². The molecule has 0 aliphatic heterocycles. The van der Waals surface area contributed by atoms with Gasteiger partial charge in [0.1, 0.15) is 24.5 Å². The summed E-state index contributed by atoms with van der Waals surface area (Å²) in [5.74, 6) is 1.29. The first-order chi connectivity index (χ1) is 18.6. The molecule has 0 aliphatic carbocycles. The summed E-state index contributed by atoms with van der Waals surface area (Å²) in [7, 11) is 1.47. The predicted octanol–water partition coefficient (Wildman–Crippen LogP) is 5.46. The molecule has 0 aliphatic rings. The Hall–Kier alpha value is -4.57. The van der Waals surface area contributed by atoms with Gasteiger partial charge in [-0.25, -0.2) is 19.4 Å². The van der Waals surface area contributed by atoms with Crippen LogP contribution in [0, 0.1) is 6.92 Å². The van der Waals surface area contributed by atoms with Gasteiger partial charge in [-0.05, 0) is 43.3 Å². The van der Waals surface area contributed by atoms with Crippen LogP contribution < -0.4 is 15.4 Å². The number of nitrogens with one attached hydrogen (secondary N) is 2. The van der Waals surface area contributed by atoms with E-state index in [2.05, 4.69) is 41.4 Å². The lowest BCUT2D eigenvalue weighted by Gasteiger charge is -2.14. The van der Waals surface area contributed by atoms with Crippen LogP contribution in [-0.2, 0) is 21.4 Å². The van der Waals surface area contributed by atoms with Crippen molar-refractivity contribution in [1.29, 1.82) is 0 Å². The molecule has 202 valence electrons. The Morgan fingerprint density at radius 3 is 2.33 bits per heavy atom. The smallest absolute Gasteiger partial charge is 0.324 e. The number of carbonyl (C=O) groups is 2. The molecule has 0 atom stereocenters. The number of Topliss-reactive ketones (excluding diaryl/α,β-unsaturated/α-hetero) is 1. The molecule has 0 spiro atoms. The van der Waals surface area contributed by atoms with Crippen molar-refractivity contribution >= 4 is 23.3 Å². The van der Waals surface area contributed by atoms with E-state index in [1.807, 2.05) is 37.3 Å². The molecule has 2 amide bonds. The van der Waals surface area contributed by atoms with E-state index in [-0.39, 0.29) is 24.2 Å². The van der Waals surface area contributed by atoms with Gasteiger partial charge in [-0.15, -0.1) is 0 Å². The number of amides is 2. The third-order valence-corrected chi connectivity index (χ3v) is 5.71. The fourth-order valence-electron chi connectivity index (χ4n) is 3.67. The number of ether oxygens (including phenoxy) is 2. The number of hydrogen-bond acceptors (Lipinski definition) is 7. The summed E-state index contributed by atoms with van der Waals surface area (Å²) in [6.07, 6.45) is 1.47. The highest BCUT2D eigenvalue weighted by Gasteiger charge is 2.21. The maximum Gasteiger partial charge on any atom is 0.324 e. The number of rotatable bonds is 9. The number of methoxy groups -OCH3 is 1. The van der Waals surface area contributed by atoms with E-state index in [1.54, 1.807) is 35.0 Å². The van der Waals surface area contributed by atoms with Gasteiger partial charge >= 0.3 is 6.03 Å². The molecular formula is C29H32N6O4. The Bertz CT molecular complexity index is 1440. The number of hydrogen-bond donors (Lipinski definition) is 2. The zero-order valence-electron chi connectivity index (χ0n) is 22.7. The third kappa shape index (κ3) is 7.48. The van der Waals surface area contributed by atoms with Crippen LogP contribution in [0.1, 0.15) is 37.7 Å².